The van der Waals surface area contributed by atoms with Crippen LogP contribution < -0.4 is 29.5 Å². The first-order valence-electron chi connectivity index (χ1n) is 9.82. The number of esters is 1. The van der Waals surface area contributed by atoms with E-state index in [2.05, 4.69) is 5.10 Å². The van der Waals surface area contributed by atoms with Crippen molar-refractivity contribution in [1.82, 2.24) is 0 Å². The van der Waals surface area contributed by atoms with Crippen LogP contribution >= 0.6 is 0 Å². The second-order valence-electron chi connectivity index (χ2n) is 7.19. The van der Waals surface area contributed by atoms with Gasteiger partial charge < -0.3 is 34.3 Å². The fraction of sp³-hybridized carbons (Fsp3) is 0.304. The van der Waals surface area contributed by atoms with E-state index in [1.165, 1.54) is 34.7 Å². The van der Waals surface area contributed by atoms with Crippen molar-refractivity contribution < 1.29 is 33.2 Å². The predicted molar refractivity (Wildman–Crippen MR) is 117 cm³/mol. The van der Waals surface area contributed by atoms with Crippen LogP contribution in [0.2, 0.25) is 0 Å². The first-order valence-corrected chi connectivity index (χ1v) is 9.82. The summed E-state index contributed by atoms with van der Waals surface area (Å²) in [6.07, 6.45) is 3.31. The van der Waals surface area contributed by atoms with Crippen LogP contribution in [0.4, 0.5) is 0 Å². The molecule has 0 unspecified atom stereocenters. The van der Waals surface area contributed by atoms with E-state index in [1.807, 2.05) is 30.3 Å². The molecule has 0 radical (unpaired) electrons. The van der Waals surface area contributed by atoms with Gasteiger partial charge in [-0.3, -0.25) is 4.79 Å². The summed E-state index contributed by atoms with van der Waals surface area (Å²) in [7, 11) is 5.96. The van der Waals surface area contributed by atoms with E-state index in [1.54, 1.807) is 0 Å². The normalized spacial score (nSPS) is 18.7. The Hall–Kier alpha value is -3.88. The molecule has 0 bridgehead atoms. The molecule has 1 heterocycles. The number of nitrogens with two attached hydrogens (primary N) is 1. The van der Waals surface area contributed by atoms with Gasteiger partial charge in [-0.1, -0.05) is 0 Å². The van der Waals surface area contributed by atoms with Gasteiger partial charge in [0.05, 0.1) is 40.6 Å². The molecule has 32 heavy (non-hydrogen) atoms. The van der Waals surface area contributed by atoms with Gasteiger partial charge in [0.25, 0.3) is 0 Å². The van der Waals surface area contributed by atoms with Crippen molar-refractivity contribution in [2.24, 2.45) is 16.9 Å². The van der Waals surface area contributed by atoms with Crippen LogP contribution in [0, 0.1) is 5.92 Å². The number of methoxy groups -OCH3 is 4. The number of carbonyl (C=O) groups excluding carboxylic acids is 1. The molecule has 168 valence electrons. The highest BCUT2D eigenvalue weighted by atomic mass is 16.7. The molecular formula is C23H24N2O7. The smallest absolute Gasteiger partial charge is 0.314 e. The highest BCUT2D eigenvalue weighted by molar-refractivity contribution is 5.97. The van der Waals surface area contributed by atoms with Crippen molar-refractivity contribution in [3.8, 4) is 28.7 Å². The van der Waals surface area contributed by atoms with Crippen LogP contribution in [0.25, 0.3) is 6.08 Å². The zero-order chi connectivity index (χ0) is 22.8. The summed E-state index contributed by atoms with van der Waals surface area (Å²) in [6.45, 7) is 0.133. The van der Waals surface area contributed by atoms with Crippen molar-refractivity contribution in [3.05, 3.63) is 46.5 Å². The molecule has 2 N–H and O–H groups in total. The molecule has 2 aromatic rings. The van der Waals surface area contributed by atoms with Crippen LogP contribution in [0.1, 0.15) is 22.6 Å². The van der Waals surface area contributed by atoms with Gasteiger partial charge in [0.1, 0.15) is 0 Å². The largest absolute Gasteiger partial charge is 0.493 e. The third-order valence-electron chi connectivity index (χ3n) is 5.65. The summed E-state index contributed by atoms with van der Waals surface area (Å²) < 4.78 is 32.8. The lowest BCUT2D eigenvalue weighted by molar-refractivity contribution is -0.144. The third kappa shape index (κ3) is 3.45. The lowest BCUT2D eigenvalue weighted by Gasteiger charge is -2.32. The Balaban J connectivity index is 2.00. The molecule has 0 saturated heterocycles. The van der Waals surface area contributed by atoms with Crippen LogP contribution in [-0.4, -0.2) is 47.4 Å². The minimum absolute atomic E-state index is 0.133. The number of rotatable bonds is 6. The molecule has 0 aromatic heterocycles. The van der Waals surface area contributed by atoms with Gasteiger partial charge in [-0.15, -0.1) is 0 Å². The predicted octanol–water partition coefficient (Wildman–Crippen LogP) is 2.70. The van der Waals surface area contributed by atoms with Gasteiger partial charge in [-0.05, 0) is 52.6 Å². The van der Waals surface area contributed by atoms with Gasteiger partial charge in [0.2, 0.25) is 12.5 Å². The minimum atomic E-state index is -0.719. The Morgan fingerprint density at radius 3 is 2.25 bits per heavy atom. The average Bonchev–Trinajstić information content (AvgIpc) is 3.27. The van der Waals surface area contributed by atoms with Crippen molar-refractivity contribution in [2.45, 2.75) is 5.92 Å². The molecule has 4 rings (SSSR count). The maximum atomic E-state index is 13.0. The summed E-state index contributed by atoms with van der Waals surface area (Å²) in [6, 6.07) is 7.40. The number of ether oxygens (including phenoxy) is 6. The molecular weight excluding hydrogens is 416 g/mol. The maximum absolute atomic E-state index is 13.0. The zero-order valence-corrected chi connectivity index (χ0v) is 18.2. The van der Waals surface area contributed by atoms with Crippen molar-refractivity contribution in [2.75, 3.05) is 35.2 Å². The Labute approximate surface area is 185 Å². The molecule has 0 saturated carbocycles. The average molecular weight is 440 g/mol. The molecule has 2 aliphatic rings. The molecule has 1 aliphatic carbocycles. The highest BCUT2D eigenvalue weighted by Gasteiger charge is 2.40. The Morgan fingerprint density at radius 1 is 1.03 bits per heavy atom. The molecule has 0 spiro atoms. The Morgan fingerprint density at radius 2 is 1.69 bits per heavy atom. The van der Waals surface area contributed by atoms with Crippen LogP contribution in [-0.2, 0) is 9.53 Å². The molecule has 1 aliphatic heterocycles. The number of hydrazone groups is 1. The number of fused-ring (bicyclic) bond motifs is 2. The molecule has 0 amide bonds. The van der Waals surface area contributed by atoms with Gasteiger partial charge >= 0.3 is 5.97 Å². The quantitative estimate of drug-likeness (QED) is 0.316. The fourth-order valence-corrected chi connectivity index (χ4v) is 4.26. The number of benzene rings is 2. The first kappa shape index (κ1) is 21.4. The van der Waals surface area contributed by atoms with Gasteiger partial charge in [0.15, 0.2) is 23.0 Å². The monoisotopic (exact) mass is 440 g/mol. The molecule has 2 aromatic carbocycles. The summed E-state index contributed by atoms with van der Waals surface area (Å²) in [4.78, 5) is 13.0. The van der Waals surface area contributed by atoms with E-state index >= 15 is 0 Å². The van der Waals surface area contributed by atoms with E-state index in [0.29, 0.717) is 34.3 Å². The summed E-state index contributed by atoms with van der Waals surface area (Å²) in [5.41, 5.74) is 3.06. The lowest BCUT2D eigenvalue weighted by Crippen LogP contribution is -2.30. The minimum Gasteiger partial charge on any atom is -0.493 e. The molecule has 9 nitrogen and oxygen atoms in total. The number of hydrogen-bond donors (Lipinski definition) is 1. The first-order chi connectivity index (χ1) is 15.6. The summed E-state index contributed by atoms with van der Waals surface area (Å²) in [5.74, 6) is 6.46. The van der Waals surface area contributed by atoms with Gasteiger partial charge in [-0.25, -0.2) is 0 Å². The van der Waals surface area contributed by atoms with E-state index in [4.69, 9.17) is 34.3 Å². The van der Waals surface area contributed by atoms with E-state index in [0.717, 1.165) is 16.7 Å². The number of hydrogen-bond acceptors (Lipinski definition) is 9. The molecule has 0 fully saturated rings. The van der Waals surface area contributed by atoms with Crippen molar-refractivity contribution >= 4 is 18.3 Å². The molecule has 9 heteroatoms. The second-order valence-corrected chi connectivity index (χ2v) is 7.19. The highest BCUT2D eigenvalue weighted by Crippen LogP contribution is 2.50. The topological polar surface area (TPSA) is 111 Å². The summed E-state index contributed by atoms with van der Waals surface area (Å²) >= 11 is 0. The molecule has 2 atom stereocenters. The van der Waals surface area contributed by atoms with Crippen LogP contribution in [0.15, 0.2) is 34.9 Å². The van der Waals surface area contributed by atoms with Crippen molar-refractivity contribution in [1.29, 1.82) is 0 Å². The SMILES string of the molecule is COC(=O)[C@@H]1C(/C=N/N)=Cc2cc3c(cc2[C@H]1c1cc(OC)c(OC)c(OC)c1)OCO3. The van der Waals surface area contributed by atoms with Crippen molar-refractivity contribution in [3.63, 3.8) is 0 Å². The Kier molecular flexibility index (Phi) is 5.81. The fourth-order valence-electron chi connectivity index (χ4n) is 4.26. The summed E-state index contributed by atoms with van der Waals surface area (Å²) in [5, 5.41) is 3.67. The van der Waals surface area contributed by atoms with Gasteiger partial charge in [-0.2, -0.15) is 5.10 Å². The van der Waals surface area contributed by atoms with E-state index in [-0.39, 0.29) is 6.79 Å². The number of nitrogens with zero attached hydrogens (tertiary/aromatic N) is 1. The van der Waals surface area contributed by atoms with E-state index < -0.39 is 17.8 Å². The lowest BCUT2D eigenvalue weighted by atomic mass is 9.71. The second kappa shape index (κ2) is 8.70. The number of carbonyl (C=O) groups is 1. The Bertz CT molecular complexity index is 1080. The van der Waals surface area contributed by atoms with E-state index in [9.17, 15) is 4.79 Å². The zero-order valence-electron chi connectivity index (χ0n) is 18.2. The van der Waals surface area contributed by atoms with Gasteiger partial charge in [0, 0.05) is 5.92 Å². The van der Waals surface area contributed by atoms with Crippen LogP contribution in [0.5, 0.6) is 28.7 Å². The third-order valence-corrected chi connectivity index (χ3v) is 5.65. The maximum Gasteiger partial charge on any atom is 0.314 e. The van der Waals surface area contributed by atoms with Crippen LogP contribution in [0.3, 0.4) is 0 Å². The standard InChI is InChI=1S/C23H24N2O7/c1-27-18-7-13(8-19(28-2)22(18)29-3)20-15-9-17-16(31-11-32-17)6-12(15)5-14(10-25-24)21(20)23(26)30-4/h5-10,20-21H,11,24H2,1-4H3/b25-10+/t20-,21-/m1/s1.